The maximum Gasteiger partial charge on any atom is 0.223 e. The summed E-state index contributed by atoms with van der Waals surface area (Å²) in [5, 5.41) is 6.44. The molecule has 3 rings (SSSR count). The quantitative estimate of drug-likeness (QED) is 0.849. The minimum atomic E-state index is 0.251. The van der Waals surface area contributed by atoms with E-state index in [1.165, 1.54) is 5.56 Å². The van der Waals surface area contributed by atoms with Gasteiger partial charge in [0.15, 0.2) is 0 Å². The second-order valence-electron chi connectivity index (χ2n) is 5.57. The van der Waals surface area contributed by atoms with E-state index in [-0.39, 0.29) is 11.8 Å². The minimum absolute atomic E-state index is 0.251. The zero-order valence-corrected chi connectivity index (χ0v) is 10.6. The molecule has 2 fully saturated rings. The molecule has 1 heterocycles. The lowest BCUT2D eigenvalue weighted by molar-refractivity contribution is -0.123. The van der Waals surface area contributed by atoms with E-state index in [0.29, 0.717) is 12.0 Å². The monoisotopic (exact) mass is 244 g/mol. The highest BCUT2D eigenvalue weighted by Gasteiger charge is 2.57. The van der Waals surface area contributed by atoms with Crippen molar-refractivity contribution in [3.05, 3.63) is 35.9 Å². The van der Waals surface area contributed by atoms with Gasteiger partial charge in [0, 0.05) is 12.5 Å². The van der Waals surface area contributed by atoms with E-state index >= 15 is 0 Å². The van der Waals surface area contributed by atoms with E-state index in [4.69, 9.17) is 0 Å². The number of amides is 1. The van der Waals surface area contributed by atoms with Crippen LogP contribution in [0.25, 0.3) is 0 Å². The van der Waals surface area contributed by atoms with Crippen molar-refractivity contribution >= 4 is 5.91 Å². The molecule has 1 aliphatic heterocycles. The van der Waals surface area contributed by atoms with Crippen LogP contribution in [-0.4, -0.2) is 19.0 Å². The Hall–Kier alpha value is -1.35. The van der Waals surface area contributed by atoms with Crippen molar-refractivity contribution in [2.24, 2.45) is 11.3 Å². The zero-order valence-electron chi connectivity index (χ0n) is 10.6. The van der Waals surface area contributed by atoms with Gasteiger partial charge in [0.1, 0.15) is 0 Å². The Balaban J connectivity index is 1.51. The molecule has 1 atom stereocenters. The van der Waals surface area contributed by atoms with E-state index in [0.717, 1.165) is 32.4 Å². The molecule has 1 aromatic carbocycles. The van der Waals surface area contributed by atoms with Crippen molar-refractivity contribution in [3.63, 3.8) is 0 Å². The molecule has 1 aromatic rings. The Morgan fingerprint density at radius 1 is 1.28 bits per heavy atom. The van der Waals surface area contributed by atoms with Crippen molar-refractivity contribution in [1.82, 2.24) is 10.6 Å². The van der Waals surface area contributed by atoms with Crippen molar-refractivity contribution in [3.8, 4) is 0 Å². The summed E-state index contributed by atoms with van der Waals surface area (Å²) in [5.74, 6) is 0.518. The summed E-state index contributed by atoms with van der Waals surface area (Å²) in [6, 6.07) is 10.1. The van der Waals surface area contributed by atoms with Crippen LogP contribution in [0, 0.1) is 11.3 Å². The number of rotatable bonds is 3. The molecule has 2 N–H and O–H groups in total. The molecule has 1 saturated carbocycles. The van der Waals surface area contributed by atoms with Crippen LogP contribution < -0.4 is 10.6 Å². The van der Waals surface area contributed by atoms with Gasteiger partial charge in [-0.15, -0.1) is 0 Å². The second-order valence-corrected chi connectivity index (χ2v) is 5.57. The lowest BCUT2D eigenvalue weighted by Gasteiger charge is -2.23. The molecular formula is C15H20N2O. The highest BCUT2D eigenvalue weighted by Crippen LogP contribution is 2.58. The standard InChI is InChI=1S/C15H20N2O/c18-14(17-11-12-4-2-1-3-5-12)13-10-15(13)6-8-16-9-7-15/h1-5,13,16H,6-11H2,(H,17,18)/t13-/m0/s1. The first kappa shape index (κ1) is 11.7. The van der Waals surface area contributed by atoms with Gasteiger partial charge in [-0.2, -0.15) is 0 Å². The predicted molar refractivity (Wildman–Crippen MR) is 70.9 cm³/mol. The van der Waals surface area contributed by atoms with Crippen LogP contribution in [0.4, 0.5) is 0 Å². The molecular weight excluding hydrogens is 224 g/mol. The number of carbonyl (C=O) groups excluding carboxylic acids is 1. The van der Waals surface area contributed by atoms with Gasteiger partial charge in [-0.05, 0) is 43.3 Å². The number of benzene rings is 1. The molecule has 0 bridgehead atoms. The van der Waals surface area contributed by atoms with Crippen LogP contribution in [-0.2, 0) is 11.3 Å². The van der Waals surface area contributed by atoms with Gasteiger partial charge >= 0.3 is 0 Å². The molecule has 2 aliphatic rings. The van der Waals surface area contributed by atoms with Gasteiger partial charge in [-0.1, -0.05) is 30.3 Å². The lowest BCUT2D eigenvalue weighted by atomic mass is 9.92. The first-order chi connectivity index (χ1) is 8.80. The Morgan fingerprint density at radius 2 is 2.00 bits per heavy atom. The minimum Gasteiger partial charge on any atom is -0.352 e. The smallest absolute Gasteiger partial charge is 0.223 e. The van der Waals surface area contributed by atoms with Crippen LogP contribution >= 0.6 is 0 Å². The van der Waals surface area contributed by atoms with Gasteiger partial charge in [0.25, 0.3) is 0 Å². The third-order valence-electron chi connectivity index (χ3n) is 4.42. The van der Waals surface area contributed by atoms with Crippen molar-refractivity contribution in [2.45, 2.75) is 25.8 Å². The van der Waals surface area contributed by atoms with Gasteiger partial charge in [0.2, 0.25) is 5.91 Å². The topological polar surface area (TPSA) is 41.1 Å². The van der Waals surface area contributed by atoms with E-state index in [9.17, 15) is 4.79 Å². The Morgan fingerprint density at radius 3 is 2.72 bits per heavy atom. The first-order valence-corrected chi connectivity index (χ1v) is 6.83. The van der Waals surface area contributed by atoms with E-state index in [1.54, 1.807) is 0 Å². The molecule has 3 heteroatoms. The molecule has 96 valence electrons. The highest BCUT2D eigenvalue weighted by molar-refractivity contribution is 5.82. The van der Waals surface area contributed by atoms with Gasteiger partial charge < -0.3 is 10.6 Å². The maximum atomic E-state index is 12.1. The van der Waals surface area contributed by atoms with Crippen LogP contribution in [0.2, 0.25) is 0 Å². The molecule has 0 aromatic heterocycles. The molecule has 1 amide bonds. The fourth-order valence-corrected chi connectivity index (χ4v) is 3.10. The van der Waals surface area contributed by atoms with Crippen molar-refractivity contribution < 1.29 is 4.79 Å². The fraction of sp³-hybridized carbons (Fsp3) is 0.533. The maximum absolute atomic E-state index is 12.1. The molecule has 18 heavy (non-hydrogen) atoms. The third-order valence-corrected chi connectivity index (χ3v) is 4.42. The van der Waals surface area contributed by atoms with E-state index < -0.39 is 0 Å². The highest BCUT2D eigenvalue weighted by atomic mass is 16.2. The number of hydrogen-bond acceptors (Lipinski definition) is 2. The average Bonchev–Trinajstić information content (AvgIpc) is 3.12. The van der Waals surface area contributed by atoms with Crippen LogP contribution in [0.5, 0.6) is 0 Å². The van der Waals surface area contributed by atoms with Crippen LogP contribution in [0.1, 0.15) is 24.8 Å². The molecule has 1 aliphatic carbocycles. The fourth-order valence-electron chi connectivity index (χ4n) is 3.10. The molecule has 0 unspecified atom stereocenters. The van der Waals surface area contributed by atoms with Gasteiger partial charge in [-0.25, -0.2) is 0 Å². The van der Waals surface area contributed by atoms with Crippen molar-refractivity contribution in [2.75, 3.05) is 13.1 Å². The summed E-state index contributed by atoms with van der Waals surface area (Å²) in [4.78, 5) is 12.1. The average molecular weight is 244 g/mol. The molecule has 0 radical (unpaired) electrons. The SMILES string of the molecule is O=C(NCc1ccccc1)[C@@H]1CC12CCNCC2. The van der Waals surface area contributed by atoms with Crippen LogP contribution in [0.3, 0.4) is 0 Å². The lowest BCUT2D eigenvalue weighted by Crippen LogP contribution is -2.33. The second kappa shape index (κ2) is 4.73. The number of carbonyl (C=O) groups is 1. The molecule has 3 nitrogen and oxygen atoms in total. The summed E-state index contributed by atoms with van der Waals surface area (Å²) in [6.07, 6.45) is 3.42. The third kappa shape index (κ3) is 2.27. The van der Waals surface area contributed by atoms with Crippen molar-refractivity contribution in [1.29, 1.82) is 0 Å². The number of hydrogen-bond donors (Lipinski definition) is 2. The van der Waals surface area contributed by atoms with E-state index in [2.05, 4.69) is 10.6 Å². The predicted octanol–water partition coefficient (Wildman–Crippen LogP) is 1.69. The number of nitrogens with one attached hydrogen (secondary N) is 2. The summed E-state index contributed by atoms with van der Waals surface area (Å²) in [6.45, 7) is 2.80. The summed E-state index contributed by atoms with van der Waals surface area (Å²) >= 11 is 0. The van der Waals surface area contributed by atoms with E-state index in [1.807, 2.05) is 30.3 Å². The summed E-state index contributed by atoms with van der Waals surface area (Å²) < 4.78 is 0. The number of piperidine rings is 1. The normalized spacial score (nSPS) is 24.8. The summed E-state index contributed by atoms with van der Waals surface area (Å²) in [7, 11) is 0. The Kier molecular flexibility index (Phi) is 3.08. The molecule has 1 spiro atoms. The first-order valence-electron chi connectivity index (χ1n) is 6.83. The Labute approximate surface area is 108 Å². The summed E-state index contributed by atoms with van der Waals surface area (Å²) in [5.41, 5.74) is 1.51. The van der Waals surface area contributed by atoms with Gasteiger partial charge in [0.05, 0.1) is 0 Å². The Bertz CT molecular complexity index is 423. The van der Waals surface area contributed by atoms with Gasteiger partial charge in [-0.3, -0.25) is 4.79 Å². The van der Waals surface area contributed by atoms with Crippen LogP contribution in [0.15, 0.2) is 30.3 Å². The largest absolute Gasteiger partial charge is 0.352 e. The zero-order chi connectivity index (χ0) is 12.4. The molecule has 1 saturated heterocycles.